The van der Waals surface area contributed by atoms with Gasteiger partial charge in [-0.3, -0.25) is 0 Å². The Hall–Kier alpha value is -1.80. The molecule has 9 heteroatoms. The summed E-state index contributed by atoms with van der Waals surface area (Å²) in [5.41, 5.74) is -0.444. The quantitative estimate of drug-likeness (QED) is 0.414. The Labute approximate surface area is 140 Å². The van der Waals surface area contributed by atoms with E-state index in [0.717, 1.165) is 6.07 Å². The van der Waals surface area contributed by atoms with E-state index < -0.39 is 51.7 Å². The summed E-state index contributed by atoms with van der Waals surface area (Å²) in [4.78, 5) is 10.8. The summed E-state index contributed by atoms with van der Waals surface area (Å²) >= 11 is 8.24. The number of benzene rings is 2. The zero-order chi connectivity index (χ0) is 17.3. The predicted octanol–water partition coefficient (Wildman–Crippen LogP) is 5.41. The molecule has 1 atom stereocenters. The van der Waals surface area contributed by atoms with Crippen LogP contribution in [0.1, 0.15) is 11.7 Å². The van der Waals surface area contributed by atoms with Gasteiger partial charge >= 0.3 is 5.97 Å². The molecule has 1 unspecified atom stereocenters. The van der Waals surface area contributed by atoms with Crippen LogP contribution in [0.2, 0.25) is 5.02 Å². The Bertz CT molecular complexity index is 785. The predicted molar refractivity (Wildman–Crippen MR) is 77.0 cm³/mol. The average Bonchev–Trinajstić information content (AvgIpc) is 2.50. The molecule has 2 aromatic rings. The molecule has 0 heterocycles. The minimum atomic E-state index is -2.48. The Morgan fingerprint density at radius 1 is 1.22 bits per heavy atom. The van der Waals surface area contributed by atoms with E-state index in [1.807, 2.05) is 0 Å². The molecule has 0 spiro atoms. The Kier molecular flexibility index (Phi) is 5.16. The largest absolute Gasteiger partial charge is 0.479 e. The van der Waals surface area contributed by atoms with Gasteiger partial charge in [0, 0.05) is 10.5 Å². The summed E-state index contributed by atoms with van der Waals surface area (Å²) in [6.45, 7) is 0. The Morgan fingerprint density at radius 3 is 2.48 bits per heavy atom. The van der Waals surface area contributed by atoms with Gasteiger partial charge in [-0.2, -0.15) is 0 Å². The second kappa shape index (κ2) is 6.76. The molecule has 0 bridgehead atoms. The zero-order valence-electron chi connectivity index (χ0n) is 10.9. The van der Waals surface area contributed by atoms with Gasteiger partial charge in [-0.25, -0.2) is 22.4 Å². The number of ether oxygens (including phenoxy) is 1. The highest BCUT2D eigenvalue weighted by Gasteiger charge is 2.27. The number of alkyl halides is 1. The highest BCUT2D eigenvalue weighted by atomic mass is 79.9. The lowest BCUT2D eigenvalue weighted by Crippen LogP contribution is -2.08. The molecular weight excluding hydrogens is 408 g/mol. The van der Waals surface area contributed by atoms with Gasteiger partial charge in [0.2, 0.25) is 6.17 Å². The van der Waals surface area contributed by atoms with E-state index in [9.17, 15) is 22.4 Å². The number of carbonyl (C=O) groups is 1. The third-order valence-electron chi connectivity index (χ3n) is 2.77. The van der Waals surface area contributed by atoms with Crippen LogP contribution in [0.5, 0.6) is 11.5 Å². The molecule has 2 rings (SSSR count). The molecule has 122 valence electrons. The van der Waals surface area contributed by atoms with Crippen molar-refractivity contribution in [2.45, 2.75) is 6.17 Å². The monoisotopic (exact) mass is 412 g/mol. The van der Waals surface area contributed by atoms with Gasteiger partial charge in [-0.1, -0.05) is 33.6 Å². The number of carboxylic acid groups (broad SMARTS) is 1. The van der Waals surface area contributed by atoms with Crippen molar-refractivity contribution >= 4 is 33.5 Å². The van der Waals surface area contributed by atoms with Crippen molar-refractivity contribution in [3.05, 3.63) is 56.8 Å². The summed E-state index contributed by atoms with van der Waals surface area (Å²) in [6.07, 6.45) is -2.48. The molecule has 0 amide bonds. The normalized spacial score (nSPS) is 12.1. The van der Waals surface area contributed by atoms with Crippen molar-refractivity contribution in [3.63, 3.8) is 0 Å². The Balaban J connectivity index is 2.54. The SMILES string of the molecule is O=C(O)C(F)c1c(Br)cccc1Oc1cc(F)c(F)c(Cl)c1F. The van der Waals surface area contributed by atoms with E-state index >= 15 is 0 Å². The first-order valence-electron chi connectivity index (χ1n) is 5.90. The maximum absolute atomic E-state index is 13.8. The van der Waals surface area contributed by atoms with Crippen LogP contribution < -0.4 is 4.74 Å². The zero-order valence-corrected chi connectivity index (χ0v) is 13.3. The standard InChI is InChI=1S/C14H6BrClF4O3/c15-5-2-1-3-7(9(5)13(20)14(21)22)23-8-4-6(17)11(18)10(16)12(8)19/h1-4,13H,(H,21,22). The second-order valence-electron chi connectivity index (χ2n) is 4.25. The molecule has 0 saturated heterocycles. The van der Waals surface area contributed by atoms with E-state index in [1.165, 1.54) is 12.1 Å². The van der Waals surface area contributed by atoms with E-state index in [1.54, 1.807) is 0 Å². The van der Waals surface area contributed by atoms with Crippen LogP contribution in [0.25, 0.3) is 0 Å². The van der Waals surface area contributed by atoms with Crippen molar-refractivity contribution in [3.8, 4) is 11.5 Å². The first-order chi connectivity index (χ1) is 10.7. The first kappa shape index (κ1) is 17.6. The lowest BCUT2D eigenvalue weighted by molar-refractivity contribution is -0.143. The van der Waals surface area contributed by atoms with E-state index in [2.05, 4.69) is 15.9 Å². The molecular formula is C14H6BrClF4O3. The number of aliphatic carboxylic acids is 1. The molecule has 2 aromatic carbocycles. The first-order valence-corrected chi connectivity index (χ1v) is 7.07. The summed E-state index contributed by atoms with van der Waals surface area (Å²) in [5, 5.41) is 7.64. The average molecular weight is 414 g/mol. The maximum atomic E-state index is 13.8. The molecule has 0 aliphatic carbocycles. The number of rotatable bonds is 4. The number of halogens is 6. The third-order valence-corrected chi connectivity index (χ3v) is 3.80. The molecule has 1 N–H and O–H groups in total. The van der Waals surface area contributed by atoms with Gasteiger partial charge in [0.1, 0.15) is 10.8 Å². The lowest BCUT2D eigenvalue weighted by Gasteiger charge is -2.15. The molecule has 3 nitrogen and oxygen atoms in total. The highest BCUT2D eigenvalue weighted by molar-refractivity contribution is 9.10. The van der Waals surface area contributed by atoms with Gasteiger partial charge in [0.15, 0.2) is 23.2 Å². The van der Waals surface area contributed by atoms with Gasteiger partial charge in [0.05, 0.1) is 5.56 Å². The van der Waals surface area contributed by atoms with Crippen molar-refractivity contribution in [2.24, 2.45) is 0 Å². The minimum absolute atomic E-state index is 0.0407. The molecule has 0 saturated carbocycles. The van der Waals surface area contributed by atoms with Crippen LogP contribution in [-0.4, -0.2) is 11.1 Å². The molecule has 0 fully saturated rings. The van der Waals surface area contributed by atoms with Gasteiger partial charge in [-0.15, -0.1) is 0 Å². The van der Waals surface area contributed by atoms with Crippen molar-refractivity contribution in [1.82, 2.24) is 0 Å². The van der Waals surface area contributed by atoms with Gasteiger partial charge in [0.25, 0.3) is 0 Å². The summed E-state index contributed by atoms with van der Waals surface area (Å²) in [6, 6.07) is 4.22. The second-order valence-corrected chi connectivity index (χ2v) is 5.49. The number of hydrogen-bond acceptors (Lipinski definition) is 2. The van der Waals surface area contributed by atoms with Crippen molar-refractivity contribution in [1.29, 1.82) is 0 Å². The lowest BCUT2D eigenvalue weighted by atomic mass is 10.1. The summed E-state index contributed by atoms with van der Waals surface area (Å²) in [5.74, 6) is -7.48. The van der Waals surface area contributed by atoms with Crippen LogP contribution >= 0.6 is 27.5 Å². The van der Waals surface area contributed by atoms with Crippen LogP contribution in [0.3, 0.4) is 0 Å². The van der Waals surface area contributed by atoms with Crippen molar-refractivity contribution < 1.29 is 32.2 Å². The molecule has 23 heavy (non-hydrogen) atoms. The molecule has 0 aliphatic rings. The number of hydrogen-bond donors (Lipinski definition) is 1. The summed E-state index contributed by atoms with van der Waals surface area (Å²) < 4.78 is 59.2. The Morgan fingerprint density at radius 2 is 1.87 bits per heavy atom. The van der Waals surface area contributed by atoms with Crippen molar-refractivity contribution in [2.75, 3.05) is 0 Å². The van der Waals surface area contributed by atoms with Crippen LogP contribution in [0.4, 0.5) is 17.6 Å². The summed E-state index contributed by atoms with van der Waals surface area (Å²) in [7, 11) is 0. The van der Waals surface area contributed by atoms with E-state index in [4.69, 9.17) is 21.4 Å². The van der Waals surface area contributed by atoms with E-state index in [0.29, 0.717) is 6.07 Å². The molecule has 0 radical (unpaired) electrons. The fourth-order valence-electron chi connectivity index (χ4n) is 1.72. The maximum Gasteiger partial charge on any atom is 0.343 e. The third kappa shape index (κ3) is 3.42. The van der Waals surface area contributed by atoms with Gasteiger partial charge < -0.3 is 9.84 Å². The van der Waals surface area contributed by atoms with Crippen LogP contribution in [-0.2, 0) is 4.79 Å². The number of carboxylic acids is 1. The fourth-order valence-corrected chi connectivity index (χ4v) is 2.45. The highest BCUT2D eigenvalue weighted by Crippen LogP contribution is 2.39. The van der Waals surface area contributed by atoms with E-state index in [-0.39, 0.29) is 4.47 Å². The van der Waals surface area contributed by atoms with Crippen LogP contribution in [0, 0.1) is 17.5 Å². The topological polar surface area (TPSA) is 46.5 Å². The fraction of sp³-hybridized carbons (Fsp3) is 0.0714. The van der Waals surface area contributed by atoms with Gasteiger partial charge in [-0.05, 0) is 12.1 Å². The smallest absolute Gasteiger partial charge is 0.343 e. The molecule has 0 aliphatic heterocycles. The van der Waals surface area contributed by atoms with Crippen LogP contribution in [0.15, 0.2) is 28.7 Å². The minimum Gasteiger partial charge on any atom is -0.479 e. The molecule has 0 aromatic heterocycles.